The van der Waals surface area contributed by atoms with Gasteiger partial charge in [0.2, 0.25) is 0 Å². The van der Waals surface area contributed by atoms with Crippen molar-refractivity contribution in [1.82, 2.24) is 0 Å². The summed E-state index contributed by atoms with van der Waals surface area (Å²) in [6, 6.07) is 0. The van der Waals surface area contributed by atoms with Crippen LogP contribution in [0.15, 0.2) is 48.6 Å². The van der Waals surface area contributed by atoms with E-state index in [1.807, 2.05) is 0 Å². The molecule has 56 heavy (non-hydrogen) atoms. The van der Waals surface area contributed by atoms with Crippen LogP contribution >= 0.6 is 7.82 Å². The number of hydrogen-bond acceptors (Lipinski definition) is 9. The molecule has 0 aromatic heterocycles. The molecule has 0 bridgehead atoms. The zero-order chi connectivity index (χ0) is 41.2. The molecule has 3 atom stereocenters. The second-order valence-electron chi connectivity index (χ2n) is 14.7. The number of carbonyl (C=O) groups is 2. The van der Waals surface area contributed by atoms with E-state index >= 15 is 0 Å². The highest BCUT2D eigenvalue weighted by Gasteiger charge is 2.27. The Morgan fingerprint density at radius 1 is 0.500 bits per heavy atom. The van der Waals surface area contributed by atoms with Crippen molar-refractivity contribution >= 4 is 19.8 Å². The molecule has 0 amide bonds. The van der Waals surface area contributed by atoms with Crippen LogP contribution in [0.5, 0.6) is 0 Å². The summed E-state index contributed by atoms with van der Waals surface area (Å²) in [4.78, 5) is 34.5. The van der Waals surface area contributed by atoms with Gasteiger partial charge in [0.1, 0.15) is 12.2 Å². The number of aliphatic hydroxyl groups is 2. The van der Waals surface area contributed by atoms with Crippen molar-refractivity contribution in [2.75, 3.05) is 26.4 Å². The number of allylic oxidation sites excluding steroid dienone is 8. The van der Waals surface area contributed by atoms with Crippen molar-refractivity contribution in [3.8, 4) is 0 Å². The normalized spacial score (nSPS) is 14.3. The molecule has 0 aliphatic carbocycles. The predicted molar refractivity (Wildman–Crippen MR) is 228 cm³/mol. The van der Waals surface area contributed by atoms with Gasteiger partial charge in [-0.25, -0.2) is 4.57 Å². The minimum Gasteiger partial charge on any atom is -0.457 e. The van der Waals surface area contributed by atoms with Gasteiger partial charge in [-0.05, 0) is 51.4 Å². The second kappa shape index (κ2) is 41.1. The SMILES string of the molecule is CC/C=C\C/C=C\C/C=C\C/C=C\CCCCCCCCC(=O)OC(CO)COP(=O)(O)OCC(CO)OC(=O)CCCCCCCCCCCCCCCC. The molecule has 0 aromatic rings. The van der Waals surface area contributed by atoms with E-state index in [0.29, 0.717) is 12.8 Å². The van der Waals surface area contributed by atoms with Crippen molar-refractivity contribution in [3.05, 3.63) is 48.6 Å². The largest absolute Gasteiger partial charge is 0.472 e. The fourth-order valence-electron chi connectivity index (χ4n) is 5.93. The fourth-order valence-corrected chi connectivity index (χ4v) is 6.71. The van der Waals surface area contributed by atoms with Crippen LogP contribution in [-0.2, 0) is 32.7 Å². The fraction of sp³-hybridized carbons (Fsp3) is 0.778. The molecule has 11 heteroatoms. The Kier molecular flexibility index (Phi) is 39.6. The summed E-state index contributed by atoms with van der Waals surface area (Å²) in [5.41, 5.74) is 0. The average Bonchev–Trinajstić information content (AvgIpc) is 3.19. The lowest BCUT2D eigenvalue weighted by molar-refractivity contribution is -0.153. The molecule has 0 saturated heterocycles. The van der Waals surface area contributed by atoms with Crippen molar-refractivity contribution in [3.63, 3.8) is 0 Å². The lowest BCUT2D eigenvalue weighted by Crippen LogP contribution is -2.28. The summed E-state index contributed by atoms with van der Waals surface area (Å²) in [7, 11) is -4.64. The first-order valence-electron chi connectivity index (χ1n) is 22.1. The summed E-state index contributed by atoms with van der Waals surface area (Å²) < 4.78 is 32.6. The van der Waals surface area contributed by atoms with Crippen LogP contribution in [0.2, 0.25) is 0 Å². The minimum absolute atomic E-state index is 0.175. The summed E-state index contributed by atoms with van der Waals surface area (Å²) in [5.74, 6) is -1.03. The second-order valence-corrected chi connectivity index (χ2v) is 16.1. The van der Waals surface area contributed by atoms with E-state index in [1.165, 1.54) is 64.2 Å². The molecule has 10 nitrogen and oxygen atoms in total. The Morgan fingerprint density at radius 3 is 1.21 bits per heavy atom. The smallest absolute Gasteiger partial charge is 0.457 e. The van der Waals surface area contributed by atoms with Crippen molar-refractivity contribution < 1.29 is 47.8 Å². The minimum atomic E-state index is -4.64. The van der Waals surface area contributed by atoms with E-state index in [-0.39, 0.29) is 12.8 Å². The van der Waals surface area contributed by atoms with Crippen LogP contribution in [0.4, 0.5) is 0 Å². The van der Waals surface area contributed by atoms with Gasteiger partial charge in [-0.1, -0.05) is 172 Å². The summed E-state index contributed by atoms with van der Waals surface area (Å²) in [6.07, 6.45) is 43.6. The number of hydrogen-bond donors (Lipinski definition) is 3. The van der Waals surface area contributed by atoms with Crippen molar-refractivity contribution in [1.29, 1.82) is 0 Å². The lowest BCUT2D eigenvalue weighted by atomic mass is 10.0. The van der Waals surface area contributed by atoms with E-state index in [1.54, 1.807) is 0 Å². The molecule has 0 radical (unpaired) electrons. The first-order valence-corrected chi connectivity index (χ1v) is 23.6. The molecule has 0 rings (SSSR count). The number of carbonyl (C=O) groups excluding carboxylic acids is 2. The summed E-state index contributed by atoms with van der Waals surface area (Å²) in [6.45, 7) is 2.08. The molecule has 0 saturated carbocycles. The highest BCUT2D eigenvalue weighted by Crippen LogP contribution is 2.43. The topological polar surface area (TPSA) is 149 Å². The molecule has 0 fully saturated rings. The van der Waals surface area contributed by atoms with Gasteiger partial charge in [-0.2, -0.15) is 0 Å². The van der Waals surface area contributed by atoms with Gasteiger partial charge in [-0.15, -0.1) is 0 Å². The van der Waals surface area contributed by atoms with Gasteiger partial charge in [0.25, 0.3) is 0 Å². The van der Waals surface area contributed by atoms with Crippen LogP contribution in [0.25, 0.3) is 0 Å². The molecule has 0 heterocycles. The van der Waals surface area contributed by atoms with E-state index in [4.69, 9.17) is 18.5 Å². The first-order chi connectivity index (χ1) is 27.3. The zero-order valence-corrected chi connectivity index (χ0v) is 36.2. The summed E-state index contributed by atoms with van der Waals surface area (Å²) >= 11 is 0. The number of phosphoric ester groups is 1. The van der Waals surface area contributed by atoms with Gasteiger partial charge < -0.3 is 24.6 Å². The Morgan fingerprint density at radius 2 is 0.839 bits per heavy atom. The Bertz CT molecular complexity index is 1070. The molecule has 3 unspecified atom stereocenters. The van der Waals surface area contributed by atoms with E-state index < -0.39 is 58.4 Å². The van der Waals surface area contributed by atoms with E-state index in [0.717, 1.165) is 83.5 Å². The van der Waals surface area contributed by atoms with Crippen LogP contribution in [-0.4, -0.2) is 65.7 Å². The molecule has 0 aliphatic heterocycles. The van der Waals surface area contributed by atoms with Gasteiger partial charge >= 0.3 is 19.8 Å². The van der Waals surface area contributed by atoms with Crippen molar-refractivity contribution in [2.24, 2.45) is 0 Å². The first kappa shape index (κ1) is 53.9. The van der Waals surface area contributed by atoms with Gasteiger partial charge in [-0.3, -0.25) is 18.6 Å². The molecule has 326 valence electrons. The van der Waals surface area contributed by atoms with Gasteiger partial charge in [0, 0.05) is 12.8 Å². The van der Waals surface area contributed by atoms with Crippen molar-refractivity contribution in [2.45, 2.75) is 199 Å². The maximum atomic E-state index is 12.4. The monoisotopic (exact) mass is 813 g/mol. The molecule has 0 aromatic carbocycles. The van der Waals surface area contributed by atoms with Crippen LogP contribution < -0.4 is 0 Å². The number of unbranched alkanes of at least 4 members (excludes halogenated alkanes) is 19. The number of esters is 2. The molecule has 0 spiro atoms. The highest BCUT2D eigenvalue weighted by atomic mass is 31.2. The maximum Gasteiger partial charge on any atom is 0.472 e. The summed E-state index contributed by atoms with van der Waals surface area (Å²) in [5, 5.41) is 19.2. The van der Waals surface area contributed by atoms with E-state index in [2.05, 4.69) is 62.5 Å². The highest BCUT2D eigenvalue weighted by molar-refractivity contribution is 7.47. The van der Waals surface area contributed by atoms with Crippen LogP contribution in [0, 0.1) is 0 Å². The number of ether oxygens (including phenoxy) is 2. The maximum absolute atomic E-state index is 12.4. The van der Waals surface area contributed by atoms with Gasteiger partial charge in [0.15, 0.2) is 0 Å². The zero-order valence-electron chi connectivity index (χ0n) is 35.3. The Hall–Kier alpha value is -2.07. The third-order valence-electron chi connectivity index (χ3n) is 9.31. The molecular weight excluding hydrogens is 731 g/mol. The average molecular weight is 813 g/mol. The van der Waals surface area contributed by atoms with Crippen LogP contribution in [0.1, 0.15) is 187 Å². The third-order valence-corrected chi connectivity index (χ3v) is 10.3. The molecule has 0 aliphatic rings. The number of rotatable bonds is 41. The van der Waals surface area contributed by atoms with Crippen LogP contribution in [0.3, 0.4) is 0 Å². The predicted octanol–water partition coefficient (Wildman–Crippen LogP) is 11.7. The Balaban J connectivity index is 3.93. The number of aliphatic hydroxyl groups excluding tert-OH is 2. The molecule has 3 N–H and O–H groups in total. The lowest BCUT2D eigenvalue weighted by Gasteiger charge is -2.20. The third kappa shape index (κ3) is 38.8. The van der Waals surface area contributed by atoms with Gasteiger partial charge in [0.05, 0.1) is 26.4 Å². The quantitative estimate of drug-likeness (QED) is 0.0236. The number of phosphoric acid groups is 1. The Labute approximate surface area is 341 Å². The molecular formula is C45H81O10P. The standard InChI is InChI=1S/C45H81O10P/c1-3-5-7-9-11-13-15-17-19-20-21-22-23-25-27-29-31-33-35-37-45(49)55-43(39-47)41-53-56(50,51)52-40-42(38-46)54-44(48)36-34-32-30-28-26-24-18-16-14-12-10-8-6-4-2/h5,7,11,13,17,19,21-22,42-43,46-47H,3-4,6,8-10,12,14-16,18,20,23-41H2,1-2H3,(H,50,51)/b7-5-,13-11-,19-17-,22-21-. The van der Waals surface area contributed by atoms with E-state index in [9.17, 15) is 29.3 Å².